The molecule has 78 valence electrons. The van der Waals surface area contributed by atoms with Gasteiger partial charge in [-0.2, -0.15) is 4.37 Å². The number of hydrogen-bond acceptors (Lipinski definition) is 4. The summed E-state index contributed by atoms with van der Waals surface area (Å²) in [4.78, 5) is 6.78. The van der Waals surface area contributed by atoms with Gasteiger partial charge in [0.2, 0.25) is 5.95 Å². The molecule has 0 radical (unpaired) electrons. The van der Waals surface area contributed by atoms with Crippen LogP contribution in [0.2, 0.25) is 0 Å². The van der Waals surface area contributed by atoms with E-state index in [1.54, 1.807) is 0 Å². The molecule has 0 spiro atoms. The van der Waals surface area contributed by atoms with Crippen molar-refractivity contribution in [3.8, 4) is 0 Å². The van der Waals surface area contributed by atoms with Crippen LogP contribution >= 0.6 is 11.5 Å². The van der Waals surface area contributed by atoms with Crippen LogP contribution in [0.1, 0.15) is 38.6 Å². The smallest absolute Gasteiger partial charge is 0.237 e. The lowest BCUT2D eigenvalue weighted by Gasteiger charge is -2.15. The van der Waals surface area contributed by atoms with Crippen molar-refractivity contribution in [2.75, 3.05) is 11.9 Å². The SMILES string of the molecule is CN(c1nsc(C(C)(C)C)n1)C1CC1. The van der Waals surface area contributed by atoms with E-state index in [-0.39, 0.29) is 5.41 Å². The maximum Gasteiger partial charge on any atom is 0.237 e. The van der Waals surface area contributed by atoms with E-state index in [1.165, 1.54) is 24.4 Å². The Labute approximate surface area is 89.3 Å². The molecule has 2 rings (SSSR count). The van der Waals surface area contributed by atoms with Crippen LogP contribution in [0.4, 0.5) is 5.95 Å². The number of nitrogens with zero attached hydrogens (tertiary/aromatic N) is 3. The number of rotatable bonds is 2. The van der Waals surface area contributed by atoms with E-state index < -0.39 is 0 Å². The van der Waals surface area contributed by atoms with Crippen molar-refractivity contribution in [3.63, 3.8) is 0 Å². The van der Waals surface area contributed by atoms with Gasteiger partial charge < -0.3 is 4.90 Å². The first-order valence-electron chi connectivity index (χ1n) is 5.05. The van der Waals surface area contributed by atoms with Gasteiger partial charge in [0.25, 0.3) is 0 Å². The minimum absolute atomic E-state index is 0.125. The molecule has 1 saturated carbocycles. The van der Waals surface area contributed by atoms with Crippen LogP contribution in [0.15, 0.2) is 0 Å². The third-order valence-electron chi connectivity index (χ3n) is 2.47. The average molecular weight is 211 g/mol. The van der Waals surface area contributed by atoms with E-state index in [1.807, 2.05) is 0 Å². The van der Waals surface area contributed by atoms with Crippen LogP contribution < -0.4 is 4.90 Å². The van der Waals surface area contributed by atoms with E-state index in [0.717, 1.165) is 11.0 Å². The number of anilines is 1. The lowest BCUT2D eigenvalue weighted by molar-refractivity contribution is 0.584. The molecule has 0 unspecified atom stereocenters. The van der Waals surface area contributed by atoms with Gasteiger partial charge in [-0.15, -0.1) is 0 Å². The van der Waals surface area contributed by atoms with E-state index in [2.05, 4.69) is 42.1 Å². The molecule has 1 aliphatic carbocycles. The van der Waals surface area contributed by atoms with Crippen LogP contribution in [0, 0.1) is 0 Å². The Morgan fingerprint density at radius 3 is 2.43 bits per heavy atom. The maximum atomic E-state index is 4.58. The lowest BCUT2D eigenvalue weighted by Crippen LogP contribution is -2.21. The second kappa shape index (κ2) is 3.19. The van der Waals surface area contributed by atoms with Crippen LogP contribution in [0.3, 0.4) is 0 Å². The molecule has 1 heterocycles. The van der Waals surface area contributed by atoms with Crippen LogP contribution in [-0.2, 0) is 5.41 Å². The second-order valence-electron chi connectivity index (χ2n) is 4.99. The Balaban J connectivity index is 2.16. The van der Waals surface area contributed by atoms with Crippen molar-refractivity contribution in [3.05, 3.63) is 5.01 Å². The lowest BCUT2D eigenvalue weighted by atomic mass is 9.98. The highest BCUT2D eigenvalue weighted by Crippen LogP contribution is 2.31. The zero-order chi connectivity index (χ0) is 10.3. The molecule has 1 aliphatic rings. The zero-order valence-electron chi connectivity index (χ0n) is 9.24. The molecule has 0 bridgehead atoms. The summed E-state index contributed by atoms with van der Waals surface area (Å²) in [5.74, 6) is 0.905. The summed E-state index contributed by atoms with van der Waals surface area (Å²) in [6.07, 6.45) is 2.58. The first kappa shape index (κ1) is 9.90. The summed E-state index contributed by atoms with van der Waals surface area (Å²) in [5, 5.41) is 1.13. The number of hydrogen-bond donors (Lipinski definition) is 0. The molecule has 4 heteroatoms. The Hall–Kier alpha value is -0.640. The van der Waals surface area contributed by atoms with Crippen molar-refractivity contribution in [1.82, 2.24) is 9.36 Å². The molecule has 0 aliphatic heterocycles. The highest BCUT2D eigenvalue weighted by molar-refractivity contribution is 7.05. The monoisotopic (exact) mass is 211 g/mol. The summed E-state index contributed by atoms with van der Waals surface area (Å²) < 4.78 is 4.40. The van der Waals surface area contributed by atoms with E-state index in [0.29, 0.717) is 6.04 Å². The van der Waals surface area contributed by atoms with Crippen LogP contribution in [0.25, 0.3) is 0 Å². The molecule has 0 amide bonds. The first-order chi connectivity index (χ1) is 6.48. The van der Waals surface area contributed by atoms with Crippen LogP contribution in [0.5, 0.6) is 0 Å². The molecular formula is C10H17N3S. The molecule has 1 aromatic rings. The largest absolute Gasteiger partial charge is 0.340 e. The van der Waals surface area contributed by atoms with Gasteiger partial charge in [-0.1, -0.05) is 20.8 Å². The maximum absolute atomic E-state index is 4.58. The van der Waals surface area contributed by atoms with Crippen LogP contribution in [-0.4, -0.2) is 22.4 Å². The molecule has 0 atom stereocenters. The summed E-state index contributed by atoms with van der Waals surface area (Å²) in [7, 11) is 2.09. The summed E-state index contributed by atoms with van der Waals surface area (Å²) in [6, 6.07) is 0.692. The normalized spacial score (nSPS) is 17.1. The highest BCUT2D eigenvalue weighted by Gasteiger charge is 2.29. The van der Waals surface area contributed by atoms with Crippen molar-refractivity contribution in [2.45, 2.75) is 45.1 Å². The topological polar surface area (TPSA) is 29.0 Å². The number of aromatic nitrogens is 2. The van der Waals surface area contributed by atoms with Gasteiger partial charge in [-0.3, -0.25) is 0 Å². The van der Waals surface area contributed by atoms with E-state index in [4.69, 9.17) is 0 Å². The average Bonchev–Trinajstić information content (AvgIpc) is 2.79. The Morgan fingerprint density at radius 1 is 1.36 bits per heavy atom. The van der Waals surface area contributed by atoms with Gasteiger partial charge in [0.1, 0.15) is 5.01 Å². The summed E-state index contributed by atoms with van der Waals surface area (Å²) in [5.41, 5.74) is 0.125. The van der Waals surface area contributed by atoms with Crippen molar-refractivity contribution in [1.29, 1.82) is 0 Å². The predicted molar refractivity (Wildman–Crippen MR) is 60.0 cm³/mol. The first-order valence-corrected chi connectivity index (χ1v) is 5.83. The molecule has 1 aromatic heterocycles. The van der Waals surface area contributed by atoms with E-state index >= 15 is 0 Å². The van der Waals surface area contributed by atoms with Gasteiger partial charge in [0.15, 0.2) is 0 Å². The van der Waals surface area contributed by atoms with Crippen molar-refractivity contribution < 1.29 is 0 Å². The summed E-state index contributed by atoms with van der Waals surface area (Å²) >= 11 is 1.53. The third-order valence-corrected chi connectivity index (χ3v) is 3.60. The molecule has 1 fully saturated rings. The fourth-order valence-corrected chi connectivity index (χ4v) is 2.02. The quantitative estimate of drug-likeness (QED) is 0.752. The van der Waals surface area contributed by atoms with Crippen molar-refractivity contribution in [2.24, 2.45) is 0 Å². The Morgan fingerprint density at radius 2 is 2.00 bits per heavy atom. The molecular weight excluding hydrogens is 194 g/mol. The van der Waals surface area contributed by atoms with Gasteiger partial charge in [0.05, 0.1) is 0 Å². The fraction of sp³-hybridized carbons (Fsp3) is 0.800. The second-order valence-corrected chi connectivity index (χ2v) is 5.74. The zero-order valence-corrected chi connectivity index (χ0v) is 10.1. The Bertz CT molecular complexity index is 322. The highest BCUT2D eigenvalue weighted by atomic mass is 32.1. The summed E-state index contributed by atoms with van der Waals surface area (Å²) in [6.45, 7) is 6.53. The molecule has 0 N–H and O–H groups in total. The fourth-order valence-electron chi connectivity index (χ4n) is 1.29. The molecule has 3 nitrogen and oxygen atoms in total. The van der Waals surface area contributed by atoms with Crippen molar-refractivity contribution >= 4 is 17.5 Å². The van der Waals surface area contributed by atoms with Gasteiger partial charge >= 0.3 is 0 Å². The standard InChI is InChI=1S/C10H17N3S/c1-10(2,3)8-11-9(12-14-8)13(4)7-5-6-7/h7H,5-6H2,1-4H3. The molecule has 14 heavy (non-hydrogen) atoms. The van der Waals surface area contributed by atoms with Gasteiger partial charge in [0, 0.05) is 18.5 Å². The third kappa shape index (κ3) is 1.90. The molecule has 0 saturated heterocycles. The minimum atomic E-state index is 0.125. The van der Waals surface area contributed by atoms with Gasteiger partial charge in [-0.05, 0) is 24.4 Å². The minimum Gasteiger partial charge on any atom is -0.340 e. The van der Waals surface area contributed by atoms with E-state index in [9.17, 15) is 0 Å². The molecule has 0 aromatic carbocycles. The van der Waals surface area contributed by atoms with Gasteiger partial charge in [-0.25, -0.2) is 4.98 Å². The Kier molecular flexibility index (Phi) is 2.26. The predicted octanol–water partition coefficient (Wildman–Crippen LogP) is 2.43.